The fourth-order valence-electron chi connectivity index (χ4n) is 1.57. The van der Waals surface area contributed by atoms with E-state index in [0.717, 1.165) is 10.6 Å². The van der Waals surface area contributed by atoms with E-state index in [2.05, 4.69) is 10.3 Å². The van der Waals surface area contributed by atoms with Crippen LogP contribution in [-0.4, -0.2) is 18.0 Å². The highest BCUT2D eigenvalue weighted by Crippen LogP contribution is 2.23. The van der Waals surface area contributed by atoms with Gasteiger partial charge in [-0.25, -0.2) is 4.98 Å². The van der Waals surface area contributed by atoms with E-state index in [-0.39, 0.29) is 5.91 Å². The minimum Gasteiger partial charge on any atom is -0.497 e. The van der Waals surface area contributed by atoms with Gasteiger partial charge in [-0.1, -0.05) is 0 Å². The van der Waals surface area contributed by atoms with Crippen molar-refractivity contribution in [3.63, 3.8) is 0 Å². The number of hydrogen-bond donors (Lipinski definition) is 2. The summed E-state index contributed by atoms with van der Waals surface area (Å²) in [4.78, 5) is 17.4. The maximum atomic E-state index is 12.1. The maximum absolute atomic E-state index is 12.1. The monoisotopic (exact) mass is 277 g/mol. The van der Waals surface area contributed by atoms with Gasteiger partial charge in [-0.15, -0.1) is 11.3 Å². The average Bonchev–Trinajstić information content (AvgIpc) is 2.67. The number of ether oxygens (including phenoxy) is 1. The van der Waals surface area contributed by atoms with Crippen LogP contribution in [0.3, 0.4) is 0 Å². The molecule has 0 aliphatic carbocycles. The minimum atomic E-state index is -0.251. The summed E-state index contributed by atoms with van der Waals surface area (Å²) in [5.74, 6) is 0.302. The van der Waals surface area contributed by atoms with E-state index >= 15 is 0 Å². The summed E-state index contributed by atoms with van der Waals surface area (Å²) in [6.07, 6.45) is 0. The van der Waals surface area contributed by atoms with Gasteiger partial charge in [-0.05, 0) is 26.0 Å². The Labute approximate surface area is 115 Å². The lowest BCUT2D eigenvalue weighted by atomic mass is 10.2. The van der Waals surface area contributed by atoms with Crippen LogP contribution < -0.4 is 15.8 Å². The molecule has 0 saturated carbocycles. The molecule has 2 aromatic rings. The Kier molecular flexibility index (Phi) is 3.71. The molecule has 0 fully saturated rings. The number of nitrogens with one attached hydrogen (secondary N) is 1. The van der Waals surface area contributed by atoms with E-state index < -0.39 is 0 Å². The second kappa shape index (κ2) is 5.27. The molecule has 0 atom stereocenters. The zero-order chi connectivity index (χ0) is 14.0. The van der Waals surface area contributed by atoms with Crippen molar-refractivity contribution >= 4 is 28.1 Å². The van der Waals surface area contributed by atoms with Crippen LogP contribution in [-0.2, 0) is 0 Å². The highest BCUT2D eigenvalue weighted by molar-refractivity contribution is 7.15. The molecule has 1 aromatic heterocycles. The number of methoxy groups -OCH3 is 1. The largest absolute Gasteiger partial charge is 0.497 e. The molecule has 1 heterocycles. The summed E-state index contributed by atoms with van der Waals surface area (Å²) < 4.78 is 5.09. The van der Waals surface area contributed by atoms with Gasteiger partial charge in [0.25, 0.3) is 5.91 Å². The number of carbonyl (C=O) groups is 1. The van der Waals surface area contributed by atoms with Gasteiger partial charge in [0.1, 0.15) is 5.75 Å². The van der Waals surface area contributed by atoms with Gasteiger partial charge >= 0.3 is 0 Å². The van der Waals surface area contributed by atoms with Crippen LogP contribution in [0.25, 0.3) is 0 Å². The van der Waals surface area contributed by atoms with Gasteiger partial charge in [0, 0.05) is 22.2 Å². The number of carbonyl (C=O) groups excluding carboxylic acids is 1. The molecule has 0 unspecified atom stereocenters. The van der Waals surface area contributed by atoms with Gasteiger partial charge in [0.2, 0.25) is 0 Å². The van der Waals surface area contributed by atoms with Crippen LogP contribution in [0.1, 0.15) is 20.9 Å². The number of benzene rings is 1. The molecule has 19 heavy (non-hydrogen) atoms. The molecule has 1 aromatic carbocycles. The number of thiazole rings is 1. The number of aryl methyl sites for hydroxylation is 2. The highest BCUT2D eigenvalue weighted by atomic mass is 32.1. The summed E-state index contributed by atoms with van der Waals surface area (Å²) in [6, 6.07) is 4.90. The number of nitrogens with two attached hydrogens (primary N) is 1. The van der Waals surface area contributed by atoms with Crippen molar-refractivity contribution in [3.05, 3.63) is 34.3 Å². The van der Waals surface area contributed by atoms with E-state index in [4.69, 9.17) is 10.5 Å². The average molecular weight is 277 g/mol. The number of rotatable bonds is 3. The smallest absolute Gasteiger partial charge is 0.257 e. The molecule has 100 valence electrons. The molecule has 0 radical (unpaired) electrons. The second-order valence-corrected chi connectivity index (χ2v) is 5.31. The molecule has 2 rings (SSSR count). The SMILES string of the molecule is COc1cc(N)cc(C(=O)Nc2nc(C)c(C)s2)c1. The Morgan fingerprint density at radius 1 is 1.37 bits per heavy atom. The van der Waals surface area contributed by atoms with Gasteiger partial charge < -0.3 is 10.5 Å². The standard InChI is InChI=1S/C13H15N3O2S/c1-7-8(2)19-13(15-7)16-12(17)9-4-10(14)6-11(5-9)18-3/h4-6H,14H2,1-3H3,(H,15,16,17). The number of nitrogens with zero attached hydrogens (tertiary/aromatic N) is 1. The fraction of sp³-hybridized carbons (Fsp3) is 0.231. The lowest BCUT2D eigenvalue weighted by Gasteiger charge is -2.06. The lowest BCUT2D eigenvalue weighted by molar-refractivity contribution is 0.102. The molecule has 0 saturated heterocycles. The van der Waals surface area contributed by atoms with E-state index in [1.807, 2.05) is 13.8 Å². The van der Waals surface area contributed by atoms with Crippen LogP contribution in [0.2, 0.25) is 0 Å². The van der Waals surface area contributed by atoms with Crippen LogP contribution in [0.5, 0.6) is 5.75 Å². The molecule has 0 bridgehead atoms. The summed E-state index contributed by atoms with van der Waals surface area (Å²) in [6.45, 7) is 3.87. The molecule has 1 amide bonds. The topological polar surface area (TPSA) is 77.2 Å². The first kappa shape index (κ1) is 13.4. The maximum Gasteiger partial charge on any atom is 0.257 e. The van der Waals surface area contributed by atoms with Gasteiger partial charge in [-0.3, -0.25) is 10.1 Å². The number of hydrogen-bond acceptors (Lipinski definition) is 5. The van der Waals surface area contributed by atoms with Gasteiger partial charge in [0.05, 0.1) is 12.8 Å². The minimum absolute atomic E-state index is 0.251. The van der Waals surface area contributed by atoms with Crippen LogP contribution in [0.15, 0.2) is 18.2 Å². The third kappa shape index (κ3) is 3.03. The fourth-order valence-corrected chi connectivity index (χ4v) is 2.38. The van der Waals surface area contributed by atoms with Crippen LogP contribution in [0.4, 0.5) is 10.8 Å². The van der Waals surface area contributed by atoms with Crippen molar-refractivity contribution in [2.45, 2.75) is 13.8 Å². The Balaban J connectivity index is 2.22. The molecule has 3 N–H and O–H groups in total. The zero-order valence-corrected chi connectivity index (χ0v) is 11.8. The van der Waals surface area contributed by atoms with Crippen molar-refractivity contribution in [2.75, 3.05) is 18.2 Å². The number of amides is 1. The molecule has 0 aliphatic heterocycles. The summed E-state index contributed by atoms with van der Waals surface area (Å²) >= 11 is 1.45. The van der Waals surface area contributed by atoms with Crippen molar-refractivity contribution in [3.8, 4) is 5.75 Å². The van der Waals surface area contributed by atoms with E-state index in [9.17, 15) is 4.79 Å². The Bertz CT molecular complexity index is 603. The van der Waals surface area contributed by atoms with Gasteiger partial charge in [-0.2, -0.15) is 0 Å². The third-order valence-corrected chi connectivity index (χ3v) is 3.66. The third-order valence-electron chi connectivity index (χ3n) is 2.68. The first-order valence-electron chi connectivity index (χ1n) is 5.69. The van der Waals surface area contributed by atoms with Crippen molar-refractivity contribution in [2.24, 2.45) is 0 Å². The van der Waals surface area contributed by atoms with E-state index in [1.165, 1.54) is 18.4 Å². The van der Waals surface area contributed by atoms with Crippen molar-refractivity contribution < 1.29 is 9.53 Å². The van der Waals surface area contributed by atoms with Gasteiger partial charge in [0.15, 0.2) is 5.13 Å². The second-order valence-electron chi connectivity index (χ2n) is 4.11. The summed E-state index contributed by atoms with van der Waals surface area (Å²) in [5, 5.41) is 3.34. The quantitative estimate of drug-likeness (QED) is 0.845. The molecular weight excluding hydrogens is 262 g/mol. The summed E-state index contributed by atoms with van der Waals surface area (Å²) in [5.41, 5.74) is 7.57. The Morgan fingerprint density at radius 3 is 2.68 bits per heavy atom. The molecule has 0 spiro atoms. The first-order chi connectivity index (χ1) is 8.99. The zero-order valence-electron chi connectivity index (χ0n) is 11.0. The molecule has 6 heteroatoms. The number of nitrogen functional groups attached to an aromatic ring is 1. The molecule has 0 aliphatic rings. The van der Waals surface area contributed by atoms with E-state index in [1.54, 1.807) is 18.2 Å². The van der Waals surface area contributed by atoms with Crippen LogP contribution in [0, 0.1) is 13.8 Å². The highest BCUT2D eigenvalue weighted by Gasteiger charge is 2.11. The van der Waals surface area contributed by atoms with Crippen LogP contribution >= 0.6 is 11.3 Å². The Hall–Kier alpha value is -2.08. The molecular formula is C13H15N3O2S. The lowest BCUT2D eigenvalue weighted by Crippen LogP contribution is -2.12. The molecule has 5 nitrogen and oxygen atoms in total. The summed E-state index contributed by atoms with van der Waals surface area (Å²) in [7, 11) is 1.53. The first-order valence-corrected chi connectivity index (χ1v) is 6.51. The predicted octanol–water partition coefficient (Wildman–Crippen LogP) is 2.60. The predicted molar refractivity (Wildman–Crippen MR) is 76.9 cm³/mol. The number of aromatic nitrogens is 1. The number of anilines is 2. The van der Waals surface area contributed by atoms with Crippen molar-refractivity contribution in [1.82, 2.24) is 4.98 Å². The van der Waals surface area contributed by atoms with Crippen molar-refractivity contribution in [1.29, 1.82) is 0 Å². The Morgan fingerprint density at radius 2 is 2.11 bits per heavy atom. The van der Waals surface area contributed by atoms with E-state index in [0.29, 0.717) is 22.1 Å². The normalized spacial score (nSPS) is 10.3.